The molecule has 3 N–H and O–H groups in total. The number of nitrogens with zero attached hydrogens (tertiary/aromatic N) is 2. The third-order valence-electron chi connectivity index (χ3n) is 6.28. The van der Waals surface area contributed by atoms with Crippen LogP contribution in [0, 0.1) is 0 Å². The van der Waals surface area contributed by atoms with Crippen LogP contribution in [-0.4, -0.2) is 25.3 Å². The molecule has 1 aliphatic heterocycles. The predicted octanol–water partition coefficient (Wildman–Crippen LogP) is 4.37. The first-order valence-electron chi connectivity index (χ1n) is 11.2. The van der Waals surface area contributed by atoms with Crippen LogP contribution in [0.4, 0.5) is 11.4 Å². The van der Waals surface area contributed by atoms with Crippen molar-refractivity contribution in [3.8, 4) is 0 Å². The van der Waals surface area contributed by atoms with Crippen LogP contribution >= 0.6 is 0 Å². The maximum atomic E-state index is 13.9. The van der Waals surface area contributed by atoms with Crippen LogP contribution in [0.1, 0.15) is 48.8 Å². The number of carbonyl (C=O) groups excluding carboxylic acids is 1. The van der Waals surface area contributed by atoms with Crippen molar-refractivity contribution in [1.82, 2.24) is 0 Å². The fraction of sp³-hybridized carbons (Fsp3) is 0.269. The minimum absolute atomic E-state index is 0.0575. The van der Waals surface area contributed by atoms with Crippen molar-refractivity contribution in [1.29, 1.82) is 0 Å². The highest BCUT2D eigenvalue weighted by Gasteiger charge is 2.36. The van der Waals surface area contributed by atoms with Crippen LogP contribution in [0.3, 0.4) is 0 Å². The van der Waals surface area contributed by atoms with Crippen molar-refractivity contribution in [3.05, 3.63) is 89.5 Å². The smallest absolute Gasteiger partial charge is 0.234 e. The average molecular weight is 480 g/mol. The van der Waals surface area contributed by atoms with Crippen LogP contribution in [-0.2, 0) is 21.2 Å². The Morgan fingerprint density at radius 3 is 2.24 bits per heavy atom. The molecule has 1 aliphatic rings. The van der Waals surface area contributed by atoms with Gasteiger partial charge in [0.1, 0.15) is 0 Å². The second-order valence-electron chi connectivity index (χ2n) is 8.88. The second kappa shape index (κ2) is 9.58. The number of anilines is 2. The minimum atomic E-state index is -3.40. The summed E-state index contributed by atoms with van der Waals surface area (Å²) in [4.78, 5) is 15.9. The summed E-state index contributed by atoms with van der Waals surface area (Å²) >= 11 is 0. The first-order valence-corrected chi connectivity index (χ1v) is 12.9. The lowest BCUT2D eigenvalue weighted by molar-refractivity contribution is -0.120. The Morgan fingerprint density at radius 1 is 1.00 bits per heavy atom. The zero-order valence-corrected chi connectivity index (χ0v) is 20.1. The molecule has 0 spiro atoms. The van der Waals surface area contributed by atoms with Gasteiger partial charge in [-0.3, -0.25) is 10.0 Å². The fourth-order valence-corrected chi connectivity index (χ4v) is 5.93. The lowest BCUT2D eigenvalue weighted by Crippen LogP contribution is -2.37. The van der Waals surface area contributed by atoms with E-state index >= 15 is 0 Å². The van der Waals surface area contributed by atoms with Crippen molar-refractivity contribution in [2.45, 2.75) is 43.5 Å². The van der Waals surface area contributed by atoms with E-state index in [1.54, 1.807) is 53.4 Å². The van der Waals surface area contributed by atoms with E-state index in [9.17, 15) is 18.4 Å². The molecule has 0 bridgehead atoms. The molecule has 7 nitrogen and oxygen atoms in total. The topological polar surface area (TPSA) is 104 Å². The number of hydrazine groups is 1. The monoisotopic (exact) mass is 479 g/mol. The number of nitrogens with two attached hydrogens (primary N) is 1. The van der Waals surface area contributed by atoms with E-state index in [0.717, 1.165) is 11.3 Å². The summed E-state index contributed by atoms with van der Waals surface area (Å²) in [5, 5.41) is 9.97. The third kappa shape index (κ3) is 4.84. The molecule has 4 rings (SSSR count). The molecule has 0 aromatic heterocycles. The van der Waals surface area contributed by atoms with Crippen molar-refractivity contribution >= 4 is 27.1 Å². The highest BCUT2D eigenvalue weighted by Crippen LogP contribution is 2.36. The molecule has 0 saturated heterocycles. The number of benzene rings is 3. The van der Waals surface area contributed by atoms with E-state index in [1.807, 2.05) is 24.3 Å². The van der Waals surface area contributed by atoms with Crippen molar-refractivity contribution in [2.75, 3.05) is 15.8 Å². The molecule has 1 unspecified atom stereocenters. The van der Waals surface area contributed by atoms with Crippen LogP contribution in [0.25, 0.3) is 0 Å². The molecule has 0 saturated carbocycles. The molecule has 0 aliphatic carbocycles. The Hall–Kier alpha value is -3.20. The number of amides is 1. The van der Waals surface area contributed by atoms with Gasteiger partial charge in [0.05, 0.1) is 28.8 Å². The van der Waals surface area contributed by atoms with Crippen molar-refractivity contribution < 1.29 is 18.4 Å². The average Bonchev–Trinajstić information content (AvgIpc) is 2.83. The number of rotatable bonds is 6. The van der Waals surface area contributed by atoms with E-state index < -0.39 is 15.8 Å². The van der Waals surface area contributed by atoms with Crippen LogP contribution in [0.2, 0.25) is 0 Å². The number of sulfone groups is 1. The molecule has 178 valence electrons. The highest BCUT2D eigenvalue weighted by atomic mass is 32.2. The number of fused-ring (bicyclic) bond motifs is 1. The summed E-state index contributed by atoms with van der Waals surface area (Å²) in [5.74, 6) is 4.98. The summed E-state index contributed by atoms with van der Waals surface area (Å²) < 4.78 is 25.2. The number of carbonyl (C=O) groups is 1. The Balaban J connectivity index is 1.72. The molecule has 0 radical (unpaired) electrons. The van der Waals surface area contributed by atoms with Crippen LogP contribution in [0.15, 0.2) is 77.7 Å². The zero-order valence-electron chi connectivity index (χ0n) is 19.3. The standard InChI is InChI=1S/C26H29N3O4S/c1-18(2)20-9-13-21(14-10-20)28(17-19-7-11-22(12-8-19)29(27)31)26(30)24-15-16-34(32,33)25-6-4-3-5-23(24)25/h3-14,18,24,31H,15-17,27H2,1-2H3. The van der Waals surface area contributed by atoms with Gasteiger partial charge < -0.3 is 4.90 Å². The van der Waals surface area contributed by atoms with Gasteiger partial charge in [0.2, 0.25) is 5.91 Å². The van der Waals surface area contributed by atoms with Gasteiger partial charge in [-0.1, -0.05) is 56.3 Å². The summed E-state index contributed by atoms with van der Waals surface area (Å²) in [5.41, 5.74) is 3.74. The van der Waals surface area contributed by atoms with Crippen molar-refractivity contribution in [2.24, 2.45) is 5.84 Å². The van der Waals surface area contributed by atoms with E-state index in [-0.39, 0.29) is 23.0 Å². The summed E-state index contributed by atoms with van der Waals surface area (Å²) in [6.45, 7) is 4.52. The Kier molecular flexibility index (Phi) is 6.74. The van der Waals surface area contributed by atoms with Gasteiger partial charge in [-0.05, 0) is 59.4 Å². The maximum Gasteiger partial charge on any atom is 0.234 e. The quantitative estimate of drug-likeness (QED) is 0.402. The normalized spacial score (nSPS) is 16.7. The van der Waals surface area contributed by atoms with Gasteiger partial charge in [-0.25, -0.2) is 14.3 Å². The third-order valence-corrected chi connectivity index (χ3v) is 8.10. The van der Waals surface area contributed by atoms with Gasteiger partial charge in [0.15, 0.2) is 9.84 Å². The zero-order chi connectivity index (χ0) is 24.5. The number of hydrogen-bond acceptors (Lipinski definition) is 6. The van der Waals surface area contributed by atoms with Crippen LogP contribution < -0.4 is 15.9 Å². The Labute approximate surface area is 200 Å². The van der Waals surface area contributed by atoms with Crippen LogP contribution in [0.5, 0.6) is 0 Å². The molecule has 1 atom stereocenters. The van der Waals surface area contributed by atoms with E-state index in [1.165, 1.54) is 5.56 Å². The maximum absolute atomic E-state index is 13.9. The van der Waals surface area contributed by atoms with Gasteiger partial charge >= 0.3 is 0 Å². The van der Waals surface area contributed by atoms with Gasteiger partial charge in [0.25, 0.3) is 0 Å². The molecule has 34 heavy (non-hydrogen) atoms. The first kappa shape index (κ1) is 23.9. The molecule has 3 aromatic carbocycles. The van der Waals surface area contributed by atoms with E-state index in [2.05, 4.69) is 13.8 Å². The minimum Gasteiger partial charge on any atom is -0.307 e. The van der Waals surface area contributed by atoms with Gasteiger partial charge in [-0.15, -0.1) is 0 Å². The lowest BCUT2D eigenvalue weighted by atomic mass is 9.93. The first-order chi connectivity index (χ1) is 16.2. The van der Waals surface area contributed by atoms with E-state index in [0.29, 0.717) is 28.9 Å². The fourth-order valence-electron chi connectivity index (χ4n) is 4.31. The molecule has 0 fully saturated rings. The molecule has 1 heterocycles. The summed E-state index contributed by atoms with van der Waals surface area (Å²) in [6, 6.07) is 21.6. The molecular formula is C26H29N3O4S. The molecule has 8 heteroatoms. The Bertz CT molecular complexity index is 1270. The highest BCUT2D eigenvalue weighted by molar-refractivity contribution is 7.91. The lowest BCUT2D eigenvalue weighted by Gasteiger charge is -2.31. The largest absolute Gasteiger partial charge is 0.307 e. The summed E-state index contributed by atoms with van der Waals surface area (Å²) in [6.07, 6.45) is 0.240. The molecular weight excluding hydrogens is 450 g/mol. The molecule has 3 aromatic rings. The Morgan fingerprint density at radius 2 is 1.62 bits per heavy atom. The SMILES string of the molecule is CC(C)c1ccc(N(Cc2ccc(N(N)O)cc2)C(=O)C2CCS(=O)(=O)c3ccccc32)cc1. The van der Waals surface area contributed by atoms with Gasteiger partial charge in [-0.2, -0.15) is 5.17 Å². The number of hydrogen-bond donors (Lipinski definition) is 2. The summed E-state index contributed by atoms with van der Waals surface area (Å²) in [7, 11) is -3.40. The van der Waals surface area contributed by atoms with E-state index in [4.69, 9.17) is 5.84 Å². The second-order valence-corrected chi connectivity index (χ2v) is 11.0. The predicted molar refractivity (Wildman–Crippen MR) is 132 cm³/mol. The van der Waals surface area contributed by atoms with Gasteiger partial charge in [0, 0.05) is 5.69 Å². The molecule has 1 amide bonds. The van der Waals surface area contributed by atoms with Crippen molar-refractivity contribution in [3.63, 3.8) is 0 Å².